The van der Waals surface area contributed by atoms with Crippen molar-refractivity contribution in [1.29, 1.82) is 0 Å². The van der Waals surface area contributed by atoms with Gasteiger partial charge in [0.05, 0.1) is 0 Å². The zero-order valence-electron chi connectivity index (χ0n) is 11.4. The van der Waals surface area contributed by atoms with E-state index < -0.39 is 0 Å². The summed E-state index contributed by atoms with van der Waals surface area (Å²) >= 11 is 0. The number of nitrogens with zero attached hydrogens (tertiary/aromatic N) is 2. The Bertz CT molecular complexity index is 247. The monoisotopic (exact) mass is 236 g/mol. The van der Waals surface area contributed by atoms with Crippen molar-refractivity contribution in [3.05, 3.63) is 0 Å². The maximum absolute atomic E-state index is 2.81. The molecule has 3 aliphatic rings. The first kappa shape index (κ1) is 12.0. The van der Waals surface area contributed by atoms with Crippen LogP contribution in [-0.4, -0.2) is 48.1 Å². The van der Waals surface area contributed by atoms with Gasteiger partial charge in [0.2, 0.25) is 0 Å². The fraction of sp³-hybridized carbons (Fsp3) is 1.00. The van der Waals surface area contributed by atoms with Crippen molar-refractivity contribution < 1.29 is 0 Å². The van der Waals surface area contributed by atoms with Gasteiger partial charge in [0.25, 0.3) is 0 Å². The largest absolute Gasteiger partial charge is 0.298 e. The van der Waals surface area contributed by atoms with Crippen LogP contribution in [0.15, 0.2) is 0 Å². The van der Waals surface area contributed by atoms with Gasteiger partial charge in [-0.1, -0.05) is 19.3 Å². The molecule has 1 saturated carbocycles. The standard InChI is InChI=1S/C15H28N2/c1-13(14-6-2-3-7-14)17-11-10-16-9-5-4-8-15(16)12-17/h13-15H,2-12H2,1H3. The predicted octanol–water partition coefficient (Wildman–Crippen LogP) is 2.74. The summed E-state index contributed by atoms with van der Waals surface area (Å²) in [6.45, 7) is 7.89. The average Bonchev–Trinajstić information content (AvgIpc) is 2.91. The minimum absolute atomic E-state index is 0.849. The van der Waals surface area contributed by atoms with Crippen LogP contribution in [0.3, 0.4) is 0 Å². The van der Waals surface area contributed by atoms with Gasteiger partial charge in [0, 0.05) is 31.7 Å². The molecule has 0 aromatic heterocycles. The molecule has 0 aromatic rings. The van der Waals surface area contributed by atoms with Gasteiger partial charge in [0.15, 0.2) is 0 Å². The molecule has 0 spiro atoms. The van der Waals surface area contributed by atoms with E-state index in [1.807, 2.05) is 0 Å². The molecule has 2 unspecified atom stereocenters. The number of rotatable bonds is 2. The van der Waals surface area contributed by atoms with Gasteiger partial charge in [0.1, 0.15) is 0 Å². The van der Waals surface area contributed by atoms with Crippen molar-refractivity contribution in [2.45, 2.75) is 64.0 Å². The zero-order valence-corrected chi connectivity index (χ0v) is 11.4. The maximum Gasteiger partial charge on any atom is 0.0223 e. The summed E-state index contributed by atoms with van der Waals surface area (Å²) in [6, 6.07) is 1.74. The Balaban J connectivity index is 1.57. The van der Waals surface area contributed by atoms with Crippen molar-refractivity contribution in [2.75, 3.05) is 26.2 Å². The van der Waals surface area contributed by atoms with Gasteiger partial charge in [-0.3, -0.25) is 9.80 Å². The van der Waals surface area contributed by atoms with Gasteiger partial charge < -0.3 is 0 Å². The lowest BCUT2D eigenvalue weighted by atomic mass is 9.94. The smallest absolute Gasteiger partial charge is 0.0223 e. The molecule has 0 aromatic carbocycles. The highest BCUT2D eigenvalue weighted by Gasteiger charge is 2.33. The summed E-state index contributed by atoms with van der Waals surface area (Å²) in [6.07, 6.45) is 10.3. The molecule has 2 atom stereocenters. The van der Waals surface area contributed by atoms with E-state index in [-0.39, 0.29) is 0 Å². The van der Waals surface area contributed by atoms with Crippen LogP contribution in [0.5, 0.6) is 0 Å². The van der Waals surface area contributed by atoms with Gasteiger partial charge in [-0.05, 0) is 45.1 Å². The number of fused-ring (bicyclic) bond motifs is 1. The summed E-state index contributed by atoms with van der Waals surface area (Å²) in [4.78, 5) is 5.56. The molecule has 3 rings (SSSR count). The van der Waals surface area contributed by atoms with Crippen molar-refractivity contribution >= 4 is 0 Å². The van der Waals surface area contributed by atoms with Gasteiger partial charge in [-0.25, -0.2) is 0 Å². The molecule has 2 saturated heterocycles. The van der Waals surface area contributed by atoms with E-state index in [1.165, 1.54) is 71.1 Å². The highest BCUT2D eigenvalue weighted by Crippen LogP contribution is 2.32. The van der Waals surface area contributed by atoms with Gasteiger partial charge in [-0.15, -0.1) is 0 Å². The fourth-order valence-electron chi connectivity index (χ4n) is 4.29. The molecule has 2 heteroatoms. The van der Waals surface area contributed by atoms with Gasteiger partial charge in [-0.2, -0.15) is 0 Å². The molecule has 98 valence electrons. The molecule has 0 amide bonds. The molecule has 0 N–H and O–H groups in total. The number of piperazine rings is 1. The van der Waals surface area contributed by atoms with Crippen molar-refractivity contribution in [3.63, 3.8) is 0 Å². The summed E-state index contributed by atoms with van der Waals surface area (Å²) < 4.78 is 0. The van der Waals surface area contributed by atoms with E-state index >= 15 is 0 Å². The molecule has 0 radical (unpaired) electrons. The summed E-state index contributed by atoms with van der Waals surface area (Å²) in [5.74, 6) is 1.00. The summed E-state index contributed by atoms with van der Waals surface area (Å²) in [7, 11) is 0. The second-order valence-corrected chi connectivity index (χ2v) is 6.47. The second-order valence-electron chi connectivity index (χ2n) is 6.47. The third kappa shape index (κ3) is 2.53. The third-order valence-corrected chi connectivity index (χ3v) is 5.53. The van der Waals surface area contributed by atoms with E-state index in [0.29, 0.717) is 0 Å². The van der Waals surface area contributed by atoms with Crippen LogP contribution >= 0.6 is 0 Å². The maximum atomic E-state index is 2.81. The van der Waals surface area contributed by atoms with Crippen molar-refractivity contribution in [2.24, 2.45) is 5.92 Å². The topological polar surface area (TPSA) is 6.48 Å². The zero-order chi connectivity index (χ0) is 11.7. The third-order valence-electron chi connectivity index (χ3n) is 5.53. The Hall–Kier alpha value is -0.0800. The van der Waals surface area contributed by atoms with E-state index in [9.17, 15) is 0 Å². The van der Waals surface area contributed by atoms with Crippen molar-refractivity contribution in [1.82, 2.24) is 9.80 Å². The summed E-state index contributed by atoms with van der Waals surface area (Å²) in [5, 5.41) is 0. The molecule has 1 aliphatic carbocycles. The minimum atomic E-state index is 0.849. The Labute approximate surface area is 106 Å². The molecule has 2 heterocycles. The quantitative estimate of drug-likeness (QED) is 0.727. The second kappa shape index (κ2) is 5.27. The molecule has 17 heavy (non-hydrogen) atoms. The van der Waals surface area contributed by atoms with Crippen LogP contribution < -0.4 is 0 Å². The Kier molecular flexibility index (Phi) is 3.72. The Morgan fingerprint density at radius 3 is 2.47 bits per heavy atom. The molecule has 2 nitrogen and oxygen atoms in total. The van der Waals surface area contributed by atoms with E-state index in [2.05, 4.69) is 16.7 Å². The van der Waals surface area contributed by atoms with Gasteiger partial charge >= 0.3 is 0 Å². The van der Waals surface area contributed by atoms with Crippen molar-refractivity contribution in [3.8, 4) is 0 Å². The predicted molar refractivity (Wildman–Crippen MR) is 72.2 cm³/mol. The van der Waals surface area contributed by atoms with Crippen LogP contribution in [-0.2, 0) is 0 Å². The first-order chi connectivity index (χ1) is 8.34. The van der Waals surface area contributed by atoms with Crippen LogP contribution in [0.2, 0.25) is 0 Å². The molecular formula is C15H28N2. The van der Waals surface area contributed by atoms with Crippen LogP contribution in [0, 0.1) is 5.92 Å². The Morgan fingerprint density at radius 1 is 0.882 bits per heavy atom. The van der Waals surface area contributed by atoms with E-state index in [4.69, 9.17) is 0 Å². The lowest BCUT2D eigenvalue weighted by Gasteiger charge is -2.47. The fourth-order valence-corrected chi connectivity index (χ4v) is 4.29. The number of hydrogen-bond acceptors (Lipinski definition) is 2. The molecule has 3 fully saturated rings. The average molecular weight is 236 g/mol. The van der Waals surface area contributed by atoms with Crippen LogP contribution in [0.1, 0.15) is 51.9 Å². The molecule has 2 aliphatic heterocycles. The van der Waals surface area contributed by atoms with E-state index in [0.717, 1.165) is 18.0 Å². The van der Waals surface area contributed by atoms with Crippen LogP contribution in [0.4, 0.5) is 0 Å². The lowest BCUT2D eigenvalue weighted by molar-refractivity contribution is 0.0179. The van der Waals surface area contributed by atoms with Crippen LogP contribution in [0.25, 0.3) is 0 Å². The summed E-state index contributed by atoms with van der Waals surface area (Å²) in [5.41, 5.74) is 0. The molecular weight excluding hydrogens is 208 g/mol. The minimum Gasteiger partial charge on any atom is -0.298 e. The normalized spacial score (nSPS) is 34.8. The highest BCUT2D eigenvalue weighted by molar-refractivity contribution is 4.89. The Morgan fingerprint density at radius 2 is 1.65 bits per heavy atom. The lowest BCUT2D eigenvalue weighted by Crippen LogP contribution is -2.57. The molecule has 0 bridgehead atoms. The number of hydrogen-bond donors (Lipinski definition) is 0. The first-order valence-electron chi connectivity index (χ1n) is 7.82. The SMILES string of the molecule is CC(C1CCCC1)N1CCN2CCCCC2C1. The van der Waals surface area contributed by atoms with E-state index in [1.54, 1.807) is 0 Å². The first-order valence-corrected chi connectivity index (χ1v) is 7.82. The number of piperidine rings is 1. The highest BCUT2D eigenvalue weighted by atomic mass is 15.3.